The molecule has 0 saturated carbocycles. The summed E-state index contributed by atoms with van der Waals surface area (Å²) in [5.41, 5.74) is 0.223. The van der Waals surface area contributed by atoms with Crippen molar-refractivity contribution in [3.05, 3.63) is 24.1 Å². The van der Waals surface area contributed by atoms with Crippen LogP contribution in [0.4, 0.5) is 4.79 Å². The van der Waals surface area contributed by atoms with Gasteiger partial charge in [-0.3, -0.25) is 0 Å². The predicted molar refractivity (Wildman–Crippen MR) is 89.2 cm³/mol. The van der Waals surface area contributed by atoms with E-state index >= 15 is 0 Å². The fraction of sp³-hybridized carbons (Fsp3) is 0.471. The van der Waals surface area contributed by atoms with E-state index in [1.54, 1.807) is 33.8 Å². The molecule has 8 nitrogen and oxygen atoms in total. The number of hydrogen-bond donors (Lipinski definition) is 2. The second-order valence-corrected chi connectivity index (χ2v) is 6.41. The summed E-state index contributed by atoms with van der Waals surface area (Å²) in [6, 6.07) is 3.49. The maximum Gasteiger partial charge on any atom is 0.408 e. The lowest BCUT2D eigenvalue weighted by molar-refractivity contribution is -0.145. The van der Waals surface area contributed by atoms with Crippen LogP contribution in [0.5, 0.6) is 5.75 Å². The topological polar surface area (TPSA) is 111 Å². The molecule has 1 atom stereocenters. The van der Waals surface area contributed by atoms with Crippen LogP contribution in [0.3, 0.4) is 0 Å². The van der Waals surface area contributed by atoms with E-state index in [1.165, 1.54) is 12.1 Å². The van der Waals surface area contributed by atoms with Crippen molar-refractivity contribution in [2.75, 3.05) is 6.61 Å². The van der Waals surface area contributed by atoms with Gasteiger partial charge in [-0.15, -0.1) is 0 Å². The van der Waals surface area contributed by atoms with Crippen LogP contribution in [0.1, 0.15) is 33.6 Å². The van der Waals surface area contributed by atoms with Gasteiger partial charge in [0.25, 0.3) is 0 Å². The van der Waals surface area contributed by atoms with Crippen molar-refractivity contribution < 1.29 is 28.6 Å². The average molecular weight is 350 g/mol. The Morgan fingerprint density at radius 3 is 2.72 bits per heavy atom. The number of rotatable bonds is 5. The second kappa shape index (κ2) is 7.42. The van der Waals surface area contributed by atoms with Crippen LogP contribution in [-0.2, 0) is 20.7 Å². The molecule has 136 valence electrons. The molecule has 0 aliphatic heterocycles. The van der Waals surface area contributed by atoms with Crippen LogP contribution in [0.2, 0.25) is 0 Å². The Bertz CT molecular complexity index is 762. The molecule has 0 spiro atoms. The number of carbonyl (C=O) groups excluding carboxylic acids is 2. The normalized spacial score (nSPS) is 12.6. The van der Waals surface area contributed by atoms with Crippen molar-refractivity contribution in [2.45, 2.75) is 45.8 Å². The minimum Gasteiger partial charge on any atom is -0.508 e. The van der Waals surface area contributed by atoms with Gasteiger partial charge in [-0.1, -0.05) is 0 Å². The molecule has 1 amide bonds. The molecule has 0 bridgehead atoms. The summed E-state index contributed by atoms with van der Waals surface area (Å²) in [6.45, 7) is 7.01. The predicted octanol–water partition coefficient (Wildman–Crippen LogP) is 2.53. The van der Waals surface area contributed by atoms with Crippen molar-refractivity contribution >= 4 is 23.2 Å². The van der Waals surface area contributed by atoms with Crippen molar-refractivity contribution in [1.29, 1.82) is 0 Å². The molecule has 2 N–H and O–H groups in total. The third kappa shape index (κ3) is 5.37. The van der Waals surface area contributed by atoms with Crippen LogP contribution in [0.25, 0.3) is 11.1 Å². The van der Waals surface area contributed by atoms with Gasteiger partial charge in [-0.2, -0.15) is 0 Å². The van der Waals surface area contributed by atoms with E-state index in [1.807, 2.05) is 0 Å². The van der Waals surface area contributed by atoms with Crippen LogP contribution in [-0.4, -0.2) is 40.4 Å². The van der Waals surface area contributed by atoms with Gasteiger partial charge in [-0.25, -0.2) is 14.6 Å². The maximum absolute atomic E-state index is 12.1. The molecule has 1 aromatic heterocycles. The monoisotopic (exact) mass is 350 g/mol. The van der Waals surface area contributed by atoms with E-state index in [2.05, 4.69) is 10.3 Å². The highest BCUT2D eigenvalue weighted by molar-refractivity contribution is 5.82. The number of carbonyl (C=O) groups is 2. The number of amides is 1. The highest BCUT2D eigenvalue weighted by atomic mass is 16.6. The van der Waals surface area contributed by atoms with Crippen LogP contribution in [0, 0.1) is 0 Å². The van der Waals surface area contributed by atoms with Gasteiger partial charge in [0.05, 0.1) is 13.0 Å². The number of ether oxygens (including phenoxy) is 2. The number of benzene rings is 1. The molecule has 1 aromatic carbocycles. The van der Waals surface area contributed by atoms with Gasteiger partial charge < -0.3 is 24.3 Å². The van der Waals surface area contributed by atoms with E-state index in [-0.39, 0.29) is 24.7 Å². The number of hydrogen-bond acceptors (Lipinski definition) is 7. The first-order valence-electron chi connectivity index (χ1n) is 7.92. The SMILES string of the molecule is CCOC(=O)[C@H](Cc1nc2cc(O)ccc2o1)NC(=O)OC(C)(C)C. The summed E-state index contributed by atoms with van der Waals surface area (Å²) in [4.78, 5) is 28.3. The van der Waals surface area contributed by atoms with E-state index < -0.39 is 23.7 Å². The molecular weight excluding hydrogens is 328 g/mol. The minimum atomic E-state index is -1.00. The maximum atomic E-state index is 12.1. The number of phenols is 1. The quantitative estimate of drug-likeness (QED) is 0.797. The summed E-state index contributed by atoms with van der Waals surface area (Å²) in [5.74, 6) is -0.325. The van der Waals surface area contributed by atoms with Gasteiger partial charge in [0.2, 0.25) is 0 Å². The molecule has 0 unspecified atom stereocenters. The fourth-order valence-electron chi connectivity index (χ4n) is 2.11. The van der Waals surface area contributed by atoms with Gasteiger partial charge in [0.15, 0.2) is 11.5 Å². The molecule has 0 aliphatic carbocycles. The first kappa shape index (κ1) is 18.6. The number of fused-ring (bicyclic) bond motifs is 1. The van der Waals surface area contributed by atoms with E-state index in [0.29, 0.717) is 11.1 Å². The Morgan fingerprint density at radius 1 is 1.36 bits per heavy atom. The lowest BCUT2D eigenvalue weighted by atomic mass is 10.2. The number of nitrogens with one attached hydrogen (secondary N) is 1. The van der Waals surface area contributed by atoms with Crippen LogP contribution >= 0.6 is 0 Å². The van der Waals surface area contributed by atoms with Crippen LogP contribution in [0.15, 0.2) is 22.6 Å². The summed E-state index contributed by atoms with van der Waals surface area (Å²) in [6.07, 6.45) is -0.743. The fourth-order valence-corrected chi connectivity index (χ4v) is 2.11. The summed E-state index contributed by atoms with van der Waals surface area (Å²) in [7, 11) is 0. The van der Waals surface area contributed by atoms with Gasteiger partial charge >= 0.3 is 12.1 Å². The number of phenolic OH excluding ortho intramolecular Hbond substituents is 1. The van der Waals surface area contributed by atoms with E-state index in [0.717, 1.165) is 0 Å². The number of aromatic hydroxyl groups is 1. The highest BCUT2D eigenvalue weighted by Crippen LogP contribution is 2.21. The number of esters is 1. The molecular formula is C17H22N2O6. The van der Waals surface area contributed by atoms with E-state index in [9.17, 15) is 14.7 Å². The lowest BCUT2D eigenvalue weighted by Gasteiger charge is -2.22. The minimum absolute atomic E-state index is 0.00643. The molecule has 1 heterocycles. The highest BCUT2D eigenvalue weighted by Gasteiger charge is 2.27. The Labute approximate surface area is 145 Å². The number of nitrogens with zero attached hydrogens (tertiary/aromatic N) is 1. The Morgan fingerprint density at radius 2 is 2.08 bits per heavy atom. The Hall–Kier alpha value is -2.77. The Kier molecular flexibility index (Phi) is 5.51. The first-order chi connectivity index (χ1) is 11.7. The molecule has 8 heteroatoms. The summed E-state index contributed by atoms with van der Waals surface area (Å²) >= 11 is 0. The largest absolute Gasteiger partial charge is 0.508 e. The number of aromatic nitrogens is 1. The number of oxazole rings is 1. The van der Waals surface area contributed by atoms with Crippen molar-refractivity contribution in [1.82, 2.24) is 10.3 Å². The van der Waals surface area contributed by atoms with Gasteiger partial charge in [0.1, 0.15) is 22.9 Å². The molecule has 0 aliphatic rings. The van der Waals surface area contributed by atoms with Crippen LogP contribution < -0.4 is 5.32 Å². The van der Waals surface area contributed by atoms with E-state index in [4.69, 9.17) is 13.9 Å². The summed E-state index contributed by atoms with van der Waals surface area (Å²) in [5, 5.41) is 12.0. The van der Waals surface area contributed by atoms with Crippen molar-refractivity contribution in [3.63, 3.8) is 0 Å². The zero-order valence-corrected chi connectivity index (χ0v) is 14.7. The zero-order valence-electron chi connectivity index (χ0n) is 14.7. The Balaban J connectivity index is 2.16. The molecule has 2 aromatic rings. The first-order valence-corrected chi connectivity index (χ1v) is 7.92. The average Bonchev–Trinajstić information content (AvgIpc) is 2.86. The van der Waals surface area contributed by atoms with Crippen molar-refractivity contribution in [3.8, 4) is 5.75 Å². The third-order valence-corrected chi connectivity index (χ3v) is 3.06. The third-order valence-electron chi connectivity index (χ3n) is 3.06. The summed E-state index contributed by atoms with van der Waals surface area (Å²) < 4.78 is 15.7. The lowest BCUT2D eigenvalue weighted by Crippen LogP contribution is -2.45. The number of alkyl carbamates (subject to hydrolysis) is 1. The molecule has 0 radical (unpaired) electrons. The van der Waals surface area contributed by atoms with Gasteiger partial charge in [-0.05, 0) is 39.8 Å². The van der Waals surface area contributed by atoms with Crippen molar-refractivity contribution in [2.24, 2.45) is 0 Å². The molecule has 0 saturated heterocycles. The smallest absolute Gasteiger partial charge is 0.408 e. The molecule has 0 fully saturated rings. The molecule has 25 heavy (non-hydrogen) atoms. The standard InChI is InChI=1S/C17H22N2O6/c1-5-23-15(21)12(19-16(22)25-17(2,3)4)9-14-18-11-8-10(20)6-7-13(11)24-14/h6-8,12,20H,5,9H2,1-4H3,(H,19,22)/t12-/m0/s1. The second-order valence-electron chi connectivity index (χ2n) is 6.41. The molecule has 2 rings (SSSR count). The zero-order chi connectivity index (χ0) is 18.6. The van der Waals surface area contributed by atoms with Gasteiger partial charge in [0, 0.05) is 6.07 Å².